The fourth-order valence-electron chi connectivity index (χ4n) is 0.587. The highest BCUT2D eigenvalue weighted by molar-refractivity contribution is 5.71. The van der Waals surface area contributed by atoms with E-state index in [2.05, 4.69) is 4.74 Å². The van der Waals surface area contributed by atoms with Crippen LogP contribution in [0, 0.1) is 0 Å². The molecule has 0 aliphatic heterocycles. The molecule has 0 heterocycles. The summed E-state index contributed by atoms with van der Waals surface area (Å²) in [4.78, 5) is 20.7. The first-order chi connectivity index (χ1) is 5.66. The smallest absolute Gasteiger partial charge is 0.310 e. The minimum absolute atomic E-state index is 0.00490. The van der Waals surface area contributed by atoms with Gasteiger partial charge >= 0.3 is 11.9 Å². The fourth-order valence-corrected chi connectivity index (χ4v) is 0.587. The minimum atomic E-state index is -0.895. The van der Waals surface area contributed by atoms with Crippen molar-refractivity contribution >= 4 is 11.9 Å². The molecular formula is C8H12O4. The van der Waals surface area contributed by atoms with Crippen LogP contribution in [0.3, 0.4) is 0 Å². The number of ether oxygens (including phenoxy) is 1. The fraction of sp³-hybridized carbons (Fsp3) is 0.500. The topological polar surface area (TPSA) is 63.6 Å². The van der Waals surface area contributed by atoms with Gasteiger partial charge in [-0.15, -0.1) is 0 Å². The number of hydrogen-bond donors (Lipinski definition) is 1. The summed E-state index contributed by atoms with van der Waals surface area (Å²) in [6.07, 6.45) is 3.35. The van der Waals surface area contributed by atoms with Crippen molar-refractivity contribution in [3.63, 3.8) is 0 Å². The molecule has 0 bridgehead atoms. The maximum absolute atomic E-state index is 10.7. The number of carboxylic acid groups (broad SMARTS) is 1. The highest BCUT2D eigenvalue weighted by atomic mass is 16.5. The van der Waals surface area contributed by atoms with Crippen molar-refractivity contribution in [2.75, 3.05) is 0 Å². The number of carbonyl (C=O) groups is 2. The van der Waals surface area contributed by atoms with Crippen molar-refractivity contribution in [3.8, 4) is 0 Å². The van der Waals surface area contributed by atoms with Crippen molar-refractivity contribution in [1.29, 1.82) is 0 Å². The van der Waals surface area contributed by atoms with Gasteiger partial charge in [-0.1, -0.05) is 6.08 Å². The van der Waals surface area contributed by atoms with Gasteiger partial charge in [0.2, 0.25) is 0 Å². The Bertz CT molecular complexity index is 183. The van der Waals surface area contributed by atoms with Crippen LogP contribution in [0.5, 0.6) is 0 Å². The molecule has 0 aliphatic carbocycles. The molecule has 0 radical (unpaired) electrons. The molecule has 4 nitrogen and oxygen atoms in total. The van der Waals surface area contributed by atoms with E-state index in [1.54, 1.807) is 13.0 Å². The summed E-state index contributed by atoms with van der Waals surface area (Å²) in [5.41, 5.74) is 0. The van der Waals surface area contributed by atoms with Crippen molar-refractivity contribution in [3.05, 3.63) is 12.3 Å². The van der Waals surface area contributed by atoms with E-state index in [0.717, 1.165) is 0 Å². The van der Waals surface area contributed by atoms with Gasteiger partial charge in [0.25, 0.3) is 0 Å². The molecule has 1 N–H and O–H groups in total. The molecule has 0 unspecified atom stereocenters. The monoisotopic (exact) mass is 172 g/mol. The molecule has 0 aromatic rings. The average molecular weight is 172 g/mol. The predicted molar refractivity (Wildman–Crippen MR) is 42.4 cm³/mol. The van der Waals surface area contributed by atoms with Gasteiger partial charge in [-0.3, -0.25) is 9.59 Å². The molecule has 0 aliphatic rings. The van der Waals surface area contributed by atoms with Crippen molar-refractivity contribution in [2.45, 2.75) is 26.2 Å². The van der Waals surface area contributed by atoms with Gasteiger partial charge < -0.3 is 9.84 Å². The molecular weight excluding hydrogens is 160 g/mol. The number of allylic oxidation sites excluding steroid dienone is 1. The molecule has 0 saturated heterocycles. The molecule has 0 amide bonds. The van der Waals surface area contributed by atoms with Crippen molar-refractivity contribution in [2.24, 2.45) is 0 Å². The first-order valence-corrected chi connectivity index (χ1v) is 3.69. The Morgan fingerprint density at radius 1 is 1.42 bits per heavy atom. The van der Waals surface area contributed by atoms with Gasteiger partial charge in [-0.2, -0.15) is 0 Å². The Balaban J connectivity index is 3.38. The lowest BCUT2D eigenvalue weighted by molar-refractivity contribution is -0.139. The minimum Gasteiger partial charge on any atom is -0.481 e. The SMILES string of the molecule is CC=COC(=O)CCCC(=O)O. The second-order valence-electron chi connectivity index (χ2n) is 2.21. The molecule has 0 saturated carbocycles. The van der Waals surface area contributed by atoms with Crippen LogP contribution in [0.15, 0.2) is 12.3 Å². The van der Waals surface area contributed by atoms with Crippen molar-refractivity contribution < 1.29 is 19.4 Å². The number of carboxylic acids is 1. The Morgan fingerprint density at radius 3 is 2.58 bits per heavy atom. The van der Waals surface area contributed by atoms with Crippen LogP contribution in [-0.2, 0) is 14.3 Å². The van der Waals surface area contributed by atoms with Crippen molar-refractivity contribution in [1.82, 2.24) is 0 Å². The maximum Gasteiger partial charge on any atom is 0.310 e. The third-order valence-electron chi connectivity index (χ3n) is 1.11. The average Bonchev–Trinajstić information content (AvgIpc) is 2.00. The lowest BCUT2D eigenvalue weighted by Gasteiger charge is -1.96. The number of hydrogen-bond acceptors (Lipinski definition) is 3. The summed E-state index contributed by atoms with van der Waals surface area (Å²) in [6.45, 7) is 1.73. The first kappa shape index (κ1) is 10.7. The lowest BCUT2D eigenvalue weighted by atomic mass is 10.2. The molecule has 0 rings (SSSR count). The summed E-state index contributed by atoms with van der Waals surface area (Å²) in [5.74, 6) is -1.29. The zero-order chi connectivity index (χ0) is 9.40. The van der Waals surface area contributed by atoms with E-state index >= 15 is 0 Å². The van der Waals surface area contributed by atoms with Gasteiger partial charge in [0.1, 0.15) is 0 Å². The maximum atomic E-state index is 10.7. The second-order valence-corrected chi connectivity index (χ2v) is 2.21. The number of esters is 1. The molecule has 0 aromatic heterocycles. The Morgan fingerprint density at radius 2 is 2.08 bits per heavy atom. The molecule has 4 heteroatoms. The second kappa shape index (κ2) is 6.39. The zero-order valence-electron chi connectivity index (χ0n) is 6.95. The molecule has 0 atom stereocenters. The van der Waals surface area contributed by atoms with E-state index in [1.807, 2.05) is 0 Å². The van der Waals surface area contributed by atoms with Crippen LogP contribution >= 0.6 is 0 Å². The molecule has 0 fully saturated rings. The first-order valence-electron chi connectivity index (χ1n) is 3.69. The molecule has 0 aromatic carbocycles. The molecule has 0 spiro atoms. The third-order valence-corrected chi connectivity index (χ3v) is 1.11. The predicted octanol–water partition coefficient (Wildman–Crippen LogP) is 1.32. The summed E-state index contributed by atoms with van der Waals surface area (Å²) >= 11 is 0. The Hall–Kier alpha value is -1.32. The number of carbonyl (C=O) groups excluding carboxylic acids is 1. The zero-order valence-corrected chi connectivity index (χ0v) is 6.95. The number of aliphatic carboxylic acids is 1. The van der Waals surface area contributed by atoms with Gasteiger partial charge in [-0.25, -0.2) is 0 Å². The van der Waals surface area contributed by atoms with Crippen LogP contribution in [0.4, 0.5) is 0 Å². The highest BCUT2D eigenvalue weighted by Crippen LogP contribution is 1.97. The molecule has 68 valence electrons. The van der Waals surface area contributed by atoms with E-state index in [0.29, 0.717) is 6.42 Å². The standard InChI is InChI=1S/C8H12O4/c1-2-6-12-8(11)5-3-4-7(9)10/h2,6H,3-5H2,1H3,(H,9,10). The number of rotatable bonds is 5. The van der Waals surface area contributed by atoms with Crippen LogP contribution in [0.1, 0.15) is 26.2 Å². The normalized spacial score (nSPS) is 10.1. The van der Waals surface area contributed by atoms with E-state index in [-0.39, 0.29) is 12.8 Å². The van der Waals surface area contributed by atoms with Gasteiger partial charge in [0, 0.05) is 12.8 Å². The van der Waals surface area contributed by atoms with E-state index < -0.39 is 11.9 Å². The molecule has 12 heavy (non-hydrogen) atoms. The van der Waals surface area contributed by atoms with Gasteiger partial charge in [0.15, 0.2) is 0 Å². The highest BCUT2D eigenvalue weighted by Gasteiger charge is 2.02. The van der Waals surface area contributed by atoms with Gasteiger partial charge in [0.05, 0.1) is 6.26 Å². The lowest BCUT2D eigenvalue weighted by Crippen LogP contribution is -2.01. The summed E-state index contributed by atoms with van der Waals surface area (Å²) in [7, 11) is 0. The summed E-state index contributed by atoms with van der Waals surface area (Å²) in [6, 6.07) is 0. The van der Waals surface area contributed by atoms with E-state index in [9.17, 15) is 9.59 Å². The van der Waals surface area contributed by atoms with Crippen LogP contribution in [0.2, 0.25) is 0 Å². The Kier molecular flexibility index (Phi) is 5.69. The third kappa shape index (κ3) is 6.80. The Labute approximate surface area is 70.8 Å². The van der Waals surface area contributed by atoms with Crippen LogP contribution in [-0.4, -0.2) is 17.0 Å². The van der Waals surface area contributed by atoms with E-state index in [1.165, 1.54) is 6.26 Å². The van der Waals surface area contributed by atoms with Gasteiger partial charge in [-0.05, 0) is 13.3 Å². The summed E-state index contributed by atoms with van der Waals surface area (Å²) in [5, 5.41) is 8.24. The van der Waals surface area contributed by atoms with Crippen LogP contribution < -0.4 is 0 Å². The van der Waals surface area contributed by atoms with E-state index in [4.69, 9.17) is 5.11 Å². The quantitative estimate of drug-likeness (QED) is 0.501. The summed E-state index contributed by atoms with van der Waals surface area (Å²) < 4.78 is 4.56. The largest absolute Gasteiger partial charge is 0.481 e. The van der Waals surface area contributed by atoms with Crippen LogP contribution in [0.25, 0.3) is 0 Å².